The summed E-state index contributed by atoms with van der Waals surface area (Å²) < 4.78 is 10.9. The molecule has 1 aliphatic carbocycles. The van der Waals surface area contributed by atoms with E-state index < -0.39 is 0 Å². The largest absolute Gasteiger partial charge is 0.468 e. The molecule has 118 valence electrons. The Morgan fingerprint density at radius 1 is 1.18 bits per heavy atom. The Hall–Kier alpha value is -0.935. The highest BCUT2D eigenvalue weighted by molar-refractivity contribution is 8.25. The van der Waals surface area contributed by atoms with Crippen molar-refractivity contribution in [2.75, 3.05) is 7.11 Å². The predicted molar refractivity (Wildman–Crippen MR) is 90.2 cm³/mol. The molecule has 0 N–H and O–H groups in total. The van der Waals surface area contributed by atoms with Gasteiger partial charge in [-0.2, -0.15) is 0 Å². The number of ether oxygens (including phenoxy) is 1. The summed E-state index contributed by atoms with van der Waals surface area (Å²) in [4.78, 5) is 13.1. The van der Waals surface area contributed by atoms with Crippen molar-refractivity contribution in [3.05, 3.63) is 29.8 Å². The number of rotatable bonds is 4. The van der Waals surface area contributed by atoms with Gasteiger partial charge in [0.2, 0.25) is 0 Å². The van der Waals surface area contributed by atoms with Crippen LogP contribution < -0.4 is 0 Å². The van der Waals surface area contributed by atoms with Gasteiger partial charge in [-0.05, 0) is 49.3 Å². The average molecular weight is 318 g/mol. The van der Waals surface area contributed by atoms with Crippen LogP contribution in [0.1, 0.15) is 46.1 Å². The Bertz CT molecular complexity index is 590. The van der Waals surface area contributed by atoms with Crippen LogP contribution in [-0.4, -0.2) is 24.9 Å². The molecule has 0 radical (unpaired) electrons. The average Bonchev–Trinajstić information content (AvgIpc) is 3.28. The van der Waals surface area contributed by atoms with E-state index >= 15 is 0 Å². The first-order valence-electron chi connectivity index (χ1n) is 7.76. The number of methoxy groups -OCH3 is 1. The van der Waals surface area contributed by atoms with Crippen molar-refractivity contribution in [2.45, 2.75) is 61.8 Å². The van der Waals surface area contributed by atoms with Gasteiger partial charge in [-0.25, -0.2) is 0 Å². The van der Waals surface area contributed by atoms with Gasteiger partial charge in [0, 0.05) is 10.9 Å². The summed E-state index contributed by atoms with van der Waals surface area (Å²) in [7, 11) is 1.46. The molecule has 22 heavy (non-hydrogen) atoms. The highest BCUT2D eigenvalue weighted by Crippen LogP contribution is 2.58. The molecule has 0 spiro atoms. The fraction of sp³-hybridized carbons (Fsp3) is 0.588. The van der Waals surface area contributed by atoms with E-state index in [1.54, 1.807) is 11.6 Å². The van der Waals surface area contributed by atoms with E-state index in [4.69, 9.17) is 9.39 Å². The molecule has 2 aliphatic rings. The molecule has 0 unspecified atom stereocenters. The van der Waals surface area contributed by atoms with E-state index in [1.807, 2.05) is 0 Å². The van der Waals surface area contributed by atoms with Gasteiger partial charge in [0.05, 0.1) is 12.5 Å². The summed E-state index contributed by atoms with van der Waals surface area (Å²) in [6, 6.07) is 8.30. The summed E-state index contributed by atoms with van der Waals surface area (Å²) in [5, 5.41) is 0.139. The van der Waals surface area contributed by atoms with Gasteiger partial charge in [0.1, 0.15) is 0 Å². The molecule has 3 rings (SSSR count). The molecule has 0 amide bonds. The lowest BCUT2D eigenvalue weighted by Gasteiger charge is -2.56. The van der Waals surface area contributed by atoms with Crippen molar-refractivity contribution in [3.8, 4) is 0 Å². The molecule has 1 saturated carbocycles. The standard InChI is InChI=1S/C17H23BO3S/c1-15(2)16(3,4)21-18(15)22-13-8-6-12(7-9-13)17(10-11-17)14(19)20-5/h6-9H,10-11H2,1-5H3. The molecule has 1 aromatic rings. The number of carbonyl (C=O) groups is 1. The minimum absolute atomic E-state index is 0.0758. The molecule has 1 heterocycles. The third-order valence-corrected chi connectivity index (χ3v) is 6.96. The van der Waals surface area contributed by atoms with Gasteiger partial charge < -0.3 is 9.39 Å². The van der Waals surface area contributed by atoms with Crippen molar-refractivity contribution < 1.29 is 14.2 Å². The molecule has 0 bridgehead atoms. The molecule has 3 nitrogen and oxygen atoms in total. The van der Waals surface area contributed by atoms with Crippen LogP contribution in [0.5, 0.6) is 0 Å². The van der Waals surface area contributed by atoms with Gasteiger partial charge in [-0.3, -0.25) is 4.79 Å². The molecule has 1 aliphatic heterocycles. The first-order chi connectivity index (χ1) is 10.2. The number of benzene rings is 1. The van der Waals surface area contributed by atoms with Crippen molar-refractivity contribution in [1.82, 2.24) is 0 Å². The smallest absolute Gasteiger partial charge is 0.375 e. The van der Waals surface area contributed by atoms with Gasteiger partial charge in [-0.1, -0.05) is 26.0 Å². The first-order valence-corrected chi connectivity index (χ1v) is 8.64. The second kappa shape index (κ2) is 5.03. The van der Waals surface area contributed by atoms with Crippen molar-refractivity contribution in [1.29, 1.82) is 0 Å². The molecule has 2 fully saturated rings. The normalized spacial score (nSPS) is 23.6. The van der Waals surface area contributed by atoms with Crippen LogP contribution in [0.25, 0.3) is 0 Å². The zero-order valence-electron chi connectivity index (χ0n) is 13.9. The van der Waals surface area contributed by atoms with Crippen molar-refractivity contribution >= 4 is 23.8 Å². The van der Waals surface area contributed by atoms with E-state index in [9.17, 15) is 4.79 Å². The van der Waals surface area contributed by atoms with Gasteiger partial charge in [-0.15, -0.1) is 11.6 Å². The van der Waals surface area contributed by atoms with E-state index in [-0.39, 0.29) is 28.5 Å². The fourth-order valence-electron chi connectivity index (χ4n) is 2.87. The molecule has 0 aromatic heterocycles. The number of esters is 1. The lowest BCUT2D eigenvalue weighted by atomic mass is 9.49. The lowest BCUT2D eigenvalue weighted by molar-refractivity contribution is -0.143. The van der Waals surface area contributed by atoms with E-state index in [2.05, 4.69) is 52.0 Å². The van der Waals surface area contributed by atoms with Gasteiger partial charge in [0.25, 0.3) is 0 Å². The highest BCUT2D eigenvalue weighted by Gasteiger charge is 2.59. The van der Waals surface area contributed by atoms with Crippen LogP contribution in [0.2, 0.25) is 5.31 Å². The van der Waals surface area contributed by atoms with Crippen molar-refractivity contribution in [2.24, 2.45) is 0 Å². The third-order valence-electron chi connectivity index (χ3n) is 5.52. The topological polar surface area (TPSA) is 35.5 Å². The van der Waals surface area contributed by atoms with E-state index in [0.717, 1.165) is 18.4 Å². The maximum atomic E-state index is 11.9. The maximum absolute atomic E-state index is 11.9. The second-order valence-electron chi connectivity index (χ2n) is 7.40. The monoisotopic (exact) mass is 318 g/mol. The van der Waals surface area contributed by atoms with Gasteiger partial charge >= 0.3 is 12.2 Å². The quantitative estimate of drug-likeness (QED) is 0.619. The SMILES string of the molecule is COC(=O)C1(c2ccc(SB3OC(C)(C)C3(C)C)cc2)CC1. The third kappa shape index (κ3) is 2.30. The van der Waals surface area contributed by atoms with Crippen LogP contribution in [-0.2, 0) is 19.6 Å². The summed E-state index contributed by atoms with van der Waals surface area (Å²) in [5.41, 5.74) is 0.609. The summed E-state index contributed by atoms with van der Waals surface area (Å²) in [6.07, 6.45) is 1.95. The van der Waals surface area contributed by atoms with Crippen LogP contribution >= 0.6 is 11.6 Å². The fourth-order valence-corrected chi connectivity index (χ4v) is 4.28. The Morgan fingerprint density at radius 3 is 2.18 bits per heavy atom. The van der Waals surface area contributed by atoms with Crippen LogP contribution in [0.3, 0.4) is 0 Å². The van der Waals surface area contributed by atoms with Gasteiger partial charge in [0.15, 0.2) is 0 Å². The molecular formula is C17H23BO3S. The zero-order valence-corrected chi connectivity index (χ0v) is 14.8. The Morgan fingerprint density at radius 2 is 1.77 bits per heavy atom. The number of hydrogen-bond acceptors (Lipinski definition) is 4. The highest BCUT2D eigenvalue weighted by atomic mass is 32.2. The summed E-state index contributed by atoms with van der Waals surface area (Å²) in [6.45, 7) is 8.78. The Kier molecular flexibility index (Phi) is 3.65. The van der Waals surface area contributed by atoms with Crippen LogP contribution in [0, 0.1) is 0 Å². The Balaban J connectivity index is 1.70. The molecule has 5 heteroatoms. The number of hydrogen-bond donors (Lipinski definition) is 0. The first kappa shape index (κ1) is 15.9. The molecule has 0 atom stereocenters. The number of carbonyl (C=O) groups excluding carboxylic acids is 1. The van der Waals surface area contributed by atoms with E-state index in [0.29, 0.717) is 0 Å². The molecular weight excluding hydrogens is 295 g/mol. The second-order valence-corrected chi connectivity index (χ2v) is 8.53. The van der Waals surface area contributed by atoms with Crippen molar-refractivity contribution in [3.63, 3.8) is 0 Å². The summed E-state index contributed by atoms with van der Waals surface area (Å²) >= 11 is 1.76. The van der Waals surface area contributed by atoms with Crippen LogP contribution in [0.4, 0.5) is 0 Å². The minimum atomic E-state index is -0.383. The molecule has 1 aromatic carbocycles. The Labute approximate surface area is 137 Å². The lowest BCUT2D eigenvalue weighted by Crippen LogP contribution is -2.59. The van der Waals surface area contributed by atoms with Crippen LogP contribution in [0.15, 0.2) is 29.2 Å². The minimum Gasteiger partial charge on any atom is -0.468 e. The summed E-state index contributed by atoms with van der Waals surface area (Å²) in [5.74, 6) is -0.113. The molecule has 1 saturated heterocycles. The van der Waals surface area contributed by atoms with E-state index in [1.165, 1.54) is 12.0 Å². The zero-order chi connectivity index (χ0) is 16.2. The maximum Gasteiger partial charge on any atom is 0.375 e. The predicted octanol–water partition coefficient (Wildman–Crippen LogP) is 4.06.